The molecular weight excluding hydrogens is 388 g/mol. The van der Waals surface area contributed by atoms with E-state index < -0.39 is 0 Å². The molecule has 154 valence electrons. The first-order valence-corrected chi connectivity index (χ1v) is 10.8. The van der Waals surface area contributed by atoms with Gasteiger partial charge in [-0.25, -0.2) is 0 Å². The number of para-hydroxylation sites is 2. The number of rotatable bonds is 6. The van der Waals surface area contributed by atoms with Crippen LogP contribution in [0, 0.1) is 0 Å². The zero-order chi connectivity index (χ0) is 21.6. The van der Waals surface area contributed by atoms with Crippen molar-refractivity contribution in [2.75, 3.05) is 10.6 Å². The first-order valence-electron chi connectivity index (χ1n) is 10.8. The van der Waals surface area contributed by atoms with Gasteiger partial charge in [-0.05, 0) is 58.7 Å². The second kappa shape index (κ2) is 9.23. The van der Waals surface area contributed by atoms with Gasteiger partial charge in [-0.3, -0.25) is 0 Å². The molecule has 0 aliphatic carbocycles. The van der Waals surface area contributed by atoms with Crippen LogP contribution in [0.1, 0.15) is 0 Å². The molecule has 2 nitrogen and oxygen atoms in total. The molecule has 2 N–H and O–H groups in total. The summed E-state index contributed by atoms with van der Waals surface area (Å²) in [5, 5.41) is 7.24. The lowest BCUT2D eigenvalue weighted by molar-refractivity contribution is 1.49. The molecule has 5 rings (SSSR count). The van der Waals surface area contributed by atoms with Gasteiger partial charge in [0.05, 0.1) is 11.4 Å². The molecule has 0 aromatic heterocycles. The Hall–Kier alpha value is -4.30. The normalized spacial score (nSPS) is 10.5. The first-order chi connectivity index (χ1) is 15.9. The number of anilines is 4. The molecule has 0 fully saturated rings. The molecule has 0 heterocycles. The van der Waals surface area contributed by atoms with E-state index in [1.165, 1.54) is 22.3 Å². The van der Waals surface area contributed by atoms with E-state index in [0.717, 1.165) is 22.7 Å². The average molecular weight is 413 g/mol. The topological polar surface area (TPSA) is 24.1 Å². The number of hydrogen-bond acceptors (Lipinski definition) is 2. The van der Waals surface area contributed by atoms with Gasteiger partial charge in [-0.15, -0.1) is 0 Å². The van der Waals surface area contributed by atoms with Crippen molar-refractivity contribution in [1.29, 1.82) is 0 Å². The van der Waals surface area contributed by atoms with Crippen molar-refractivity contribution < 1.29 is 0 Å². The van der Waals surface area contributed by atoms with Gasteiger partial charge in [0.15, 0.2) is 0 Å². The predicted molar refractivity (Wildman–Crippen MR) is 137 cm³/mol. The zero-order valence-electron chi connectivity index (χ0n) is 17.7. The van der Waals surface area contributed by atoms with Crippen LogP contribution in [0.4, 0.5) is 22.7 Å². The maximum atomic E-state index is 3.62. The fourth-order valence-electron chi connectivity index (χ4n) is 3.87. The SMILES string of the molecule is c1ccc(Nc2cc(-c3ccccc3)c(-c3ccccc3)cc2Nc2ccccc2)cc1. The van der Waals surface area contributed by atoms with Gasteiger partial charge in [-0.2, -0.15) is 0 Å². The van der Waals surface area contributed by atoms with Crippen molar-refractivity contribution >= 4 is 22.7 Å². The molecule has 0 unspecified atom stereocenters. The van der Waals surface area contributed by atoms with E-state index in [1.807, 2.05) is 36.4 Å². The lowest BCUT2D eigenvalue weighted by atomic mass is 9.93. The molecule has 32 heavy (non-hydrogen) atoms. The van der Waals surface area contributed by atoms with Crippen molar-refractivity contribution in [3.63, 3.8) is 0 Å². The number of nitrogens with one attached hydrogen (secondary N) is 2. The molecule has 0 bridgehead atoms. The second-order valence-corrected chi connectivity index (χ2v) is 7.66. The van der Waals surface area contributed by atoms with Crippen LogP contribution in [-0.4, -0.2) is 0 Å². The summed E-state index contributed by atoms with van der Waals surface area (Å²) in [5.41, 5.74) is 8.91. The Bertz CT molecular complexity index is 1180. The Balaban J connectivity index is 1.70. The highest BCUT2D eigenvalue weighted by Gasteiger charge is 2.14. The van der Waals surface area contributed by atoms with E-state index in [1.54, 1.807) is 0 Å². The number of hydrogen-bond donors (Lipinski definition) is 2. The largest absolute Gasteiger partial charge is 0.354 e. The van der Waals surface area contributed by atoms with Crippen LogP contribution in [0.2, 0.25) is 0 Å². The minimum absolute atomic E-state index is 1.03. The monoisotopic (exact) mass is 412 g/mol. The molecule has 0 saturated carbocycles. The quantitative estimate of drug-likeness (QED) is 0.292. The van der Waals surface area contributed by atoms with Crippen molar-refractivity contribution in [1.82, 2.24) is 0 Å². The fourth-order valence-corrected chi connectivity index (χ4v) is 3.87. The molecule has 0 spiro atoms. The van der Waals surface area contributed by atoms with Crippen LogP contribution < -0.4 is 10.6 Å². The Kier molecular flexibility index (Phi) is 5.67. The van der Waals surface area contributed by atoms with Crippen LogP contribution in [0.3, 0.4) is 0 Å². The molecule has 5 aromatic rings. The molecule has 0 aliphatic heterocycles. The van der Waals surface area contributed by atoms with Crippen LogP contribution in [-0.2, 0) is 0 Å². The zero-order valence-corrected chi connectivity index (χ0v) is 17.7. The highest BCUT2D eigenvalue weighted by atomic mass is 15.0. The Labute approximate surface area is 189 Å². The van der Waals surface area contributed by atoms with E-state index in [2.05, 4.69) is 108 Å². The van der Waals surface area contributed by atoms with Crippen molar-refractivity contribution in [3.8, 4) is 22.3 Å². The molecule has 0 amide bonds. The molecule has 0 aliphatic rings. The Morgan fingerprint density at radius 1 is 0.344 bits per heavy atom. The molecular formula is C30H24N2. The van der Waals surface area contributed by atoms with Crippen LogP contribution >= 0.6 is 0 Å². The summed E-state index contributed by atoms with van der Waals surface area (Å²) in [6.45, 7) is 0. The molecule has 0 saturated heterocycles. The van der Waals surface area contributed by atoms with E-state index in [0.29, 0.717) is 0 Å². The Morgan fingerprint density at radius 2 is 0.656 bits per heavy atom. The highest BCUT2D eigenvalue weighted by Crippen LogP contribution is 2.40. The van der Waals surface area contributed by atoms with Gasteiger partial charge in [0.2, 0.25) is 0 Å². The summed E-state index contributed by atoms with van der Waals surface area (Å²) < 4.78 is 0. The molecule has 2 heteroatoms. The standard InChI is InChI=1S/C30H24N2/c1-5-13-23(14-6-1)27-21-29(31-25-17-9-3-10-18-25)30(32-26-19-11-4-12-20-26)22-28(27)24-15-7-2-8-16-24/h1-22,31-32H. The van der Waals surface area contributed by atoms with Crippen molar-refractivity contribution in [2.24, 2.45) is 0 Å². The smallest absolute Gasteiger partial charge is 0.0630 e. The summed E-state index contributed by atoms with van der Waals surface area (Å²) in [6, 6.07) is 46.2. The van der Waals surface area contributed by atoms with Gasteiger partial charge in [-0.1, -0.05) is 97.1 Å². The van der Waals surface area contributed by atoms with Gasteiger partial charge in [0, 0.05) is 11.4 Å². The van der Waals surface area contributed by atoms with Crippen LogP contribution in [0.5, 0.6) is 0 Å². The van der Waals surface area contributed by atoms with Gasteiger partial charge in [0.1, 0.15) is 0 Å². The predicted octanol–water partition coefficient (Wildman–Crippen LogP) is 8.51. The van der Waals surface area contributed by atoms with Gasteiger partial charge in [0.25, 0.3) is 0 Å². The van der Waals surface area contributed by atoms with Crippen molar-refractivity contribution in [3.05, 3.63) is 133 Å². The number of benzene rings is 5. The van der Waals surface area contributed by atoms with Gasteiger partial charge >= 0.3 is 0 Å². The Morgan fingerprint density at radius 3 is 1.00 bits per heavy atom. The first kappa shape index (κ1) is 19.7. The van der Waals surface area contributed by atoms with Crippen LogP contribution in [0.15, 0.2) is 133 Å². The fraction of sp³-hybridized carbons (Fsp3) is 0. The third-order valence-corrected chi connectivity index (χ3v) is 5.43. The van der Waals surface area contributed by atoms with Crippen LogP contribution in [0.25, 0.3) is 22.3 Å². The van der Waals surface area contributed by atoms with Gasteiger partial charge < -0.3 is 10.6 Å². The summed E-state index contributed by atoms with van der Waals surface area (Å²) in [7, 11) is 0. The van der Waals surface area contributed by atoms with E-state index in [-0.39, 0.29) is 0 Å². The third-order valence-electron chi connectivity index (χ3n) is 5.43. The van der Waals surface area contributed by atoms with E-state index >= 15 is 0 Å². The maximum absolute atomic E-state index is 3.62. The molecule has 0 atom stereocenters. The summed E-state index contributed by atoms with van der Waals surface area (Å²) in [5.74, 6) is 0. The second-order valence-electron chi connectivity index (χ2n) is 7.66. The lowest BCUT2D eigenvalue weighted by Crippen LogP contribution is -2.00. The minimum Gasteiger partial charge on any atom is -0.354 e. The third kappa shape index (κ3) is 4.40. The summed E-state index contributed by atoms with van der Waals surface area (Å²) >= 11 is 0. The van der Waals surface area contributed by atoms with E-state index in [9.17, 15) is 0 Å². The maximum Gasteiger partial charge on any atom is 0.0630 e. The highest BCUT2D eigenvalue weighted by molar-refractivity contribution is 5.93. The molecule has 0 radical (unpaired) electrons. The average Bonchev–Trinajstić information content (AvgIpc) is 2.87. The summed E-state index contributed by atoms with van der Waals surface area (Å²) in [4.78, 5) is 0. The van der Waals surface area contributed by atoms with Crippen molar-refractivity contribution in [2.45, 2.75) is 0 Å². The van der Waals surface area contributed by atoms with E-state index in [4.69, 9.17) is 0 Å². The lowest BCUT2D eigenvalue weighted by Gasteiger charge is -2.20. The summed E-state index contributed by atoms with van der Waals surface area (Å²) in [6.07, 6.45) is 0. The minimum atomic E-state index is 1.03. The molecule has 5 aromatic carbocycles.